The summed E-state index contributed by atoms with van der Waals surface area (Å²) in [6.07, 6.45) is 0.204. The Morgan fingerprint density at radius 2 is 2.32 bits per heavy atom. The molecule has 0 aromatic heterocycles. The molecule has 2 rings (SSSR count). The van der Waals surface area contributed by atoms with Gasteiger partial charge in [-0.2, -0.15) is 0 Å². The van der Waals surface area contributed by atoms with E-state index in [0.29, 0.717) is 11.4 Å². The van der Waals surface area contributed by atoms with E-state index in [0.717, 1.165) is 5.56 Å². The molecule has 2 N–H and O–H groups in total. The van der Waals surface area contributed by atoms with Gasteiger partial charge in [0.2, 0.25) is 5.91 Å². The van der Waals surface area contributed by atoms with Crippen molar-refractivity contribution in [2.45, 2.75) is 6.42 Å². The molecule has 1 aromatic rings. The Morgan fingerprint density at radius 1 is 1.53 bits per heavy atom. The Hall–Kier alpha value is -2.08. The molecule has 1 heterocycles. The molecule has 6 heteroatoms. The molecule has 0 unspecified atom stereocenters. The molecule has 102 valence electrons. The lowest BCUT2D eigenvalue weighted by Crippen LogP contribution is -2.35. The third-order valence-corrected chi connectivity index (χ3v) is 2.91. The molecule has 2 amide bonds. The van der Waals surface area contributed by atoms with E-state index in [2.05, 4.69) is 5.32 Å². The van der Waals surface area contributed by atoms with Gasteiger partial charge in [0, 0.05) is 13.6 Å². The molecule has 1 aliphatic rings. The maximum Gasteiger partial charge on any atom is 0.264 e. The molecule has 1 aromatic carbocycles. The van der Waals surface area contributed by atoms with Crippen molar-refractivity contribution < 1.29 is 19.4 Å². The Labute approximate surface area is 111 Å². The van der Waals surface area contributed by atoms with Crippen LogP contribution in [-0.4, -0.2) is 43.7 Å². The Kier molecular flexibility index (Phi) is 4.01. The van der Waals surface area contributed by atoms with Crippen LogP contribution in [0.5, 0.6) is 5.75 Å². The fourth-order valence-electron chi connectivity index (χ4n) is 1.87. The molecule has 0 atom stereocenters. The Bertz CT molecular complexity index is 501. The van der Waals surface area contributed by atoms with Crippen LogP contribution in [0, 0.1) is 0 Å². The van der Waals surface area contributed by atoms with E-state index < -0.39 is 0 Å². The molecule has 0 spiro atoms. The fourth-order valence-corrected chi connectivity index (χ4v) is 1.87. The summed E-state index contributed by atoms with van der Waals surface area (Å²) in [5, 5.41) is 11.2. The van der Waals surface area contributed by atoms with Gasteiger partial charge in [0.1, 0.15) is 5.75 Å². The molecule has 19 heavy (non-hydrogen) atoms. The summed E-state index contributed by atoms with van der Waals surface area (Å²) in [4.78, 5) is 24.6. The zero-order chi connectivity index (χ0) is 13.8. The predicted octanol–water partition coefficient (Wildman–Crippen LogP) is -0.307. The summed E-state index contributed by atoms with van der Waals surface area (Å²) in [6.45, 7) is 0.201. The van der Waals surface area contributed by atoms with Crippen molar-refractivity contribution >= 4 is 17.5 Å². The lowest BCUT2D eigenvalue weighted by molar-refractivity contribution is -0.121. The summed E-state index contributed by atoms with van der Waals surface area (Å²) >= 11 is 0. The second-order valence-electron chi connectivity index (χ2n) is 4.29. The van der Waals surface area contributed by atoms with E-state index in [9.17, 15) is 9.59 Å². The number of aliphatic hydroxyl groups is 1. The predicted molar refractivity (Wildman–Crippen MR) is 69.1 cm³/mol. The van der Waals surface area contributed by atoms with Gasteiger partial charge in [-0.15, -0.1) is 0 Å². The van der Waals surface area contributed by atoms with Crippen LogP contribution in [0.1, 0.15) is 5.56 Å². The average Bonchev–Trinajstić information content (AvgIpc) is 2.41. The number of aliphatic hydroxyl groups excluding tert-OH is 1. The van der Waals surface area contributed by atoms with Crippen molar-refractivity contribution in [2.75, 3.05) is 31.7 Å². The van der Waals surface area contributed by atoms with Crippen LogP contribution in [0.15, 0.2) is 18.2 Å². The molecule has 0 saturated heterocycles. The quantitative estimate of drug-likeness (QED) is 0.782. The summed E-state index contributed by atoms with van der Waals surface area (Å²) in [5.74, 6) is 0.357. The number of likely N-dealkylation sites (N-methyl/N-ethyl adjacent to an activating group) is 1. The molecular weight excluding hydrogens is 248 g/mol. The van der Waals surface area contributed by atoms with Crippen LogP contribution in [0.25, 0.3) is 0 Å². The normalized spacial score (nSPS) is 13.8. The second kappa shape index (κ2) is 5.71. The number of carbonyl (C=O) groups is 2. The number of carbonyl (C=O) groups excluding carboxylic acids is 2. The fraction of sp³-hybridized carbons (Fsp3) is 0.385. The number of ether oxygens (including phenoxy) is 1. The van der Waals surface area contributed by atoms with Gasteiger partial charge in [-0.05, 0) is 17.7 Å². The highest BCUT2D eigenvalue weighted by molar-refractivity contribution is 5.97. The lowest BCUT2D eigenvalue weighted by Gasteiger charge is -2.26. The van der Waals surface area contributed by atoms with Crippen molar-refractivity contribution in [3.05, 3.63) is 23.8 Å². The highest BCUT2D eigenvalue weighted by atomic mass is 16.5. The number of hydrogen-bond donors (Lipinski definition) is 2. The molecule has 0 aliphatic carbocycles. The highest BCUT2D eigenvalue weighted by Gasteiger charge is 2.22. The van der Waals surface area contributed by atoms with E-state index in [-0.39, 0.29) is 38.0 Å². The standard InChI is InChI=1S/C13H16N2O4/c1-15-10-6-9(7-12(17)14-4-5-16)2-3-11(10)19-8-13(15)18/h2-3,6,16H,4-5,7-8H2,1H3,(H,14,17). The van der Waals surface area contributed by atoms with Crippen LogP contribution in [-0.2, 0) is 16.0 Å². The van der Waals surface area contributed by atoms with Gasteiger partial charge >= 0.3 is 0 Å². The van der Waals surface area contributed by atoms with Crippen molar-refractivity contribution in [1.82, 2.24) is 5.32 Å². The largest absolute Gasteiger partial charge is 0.482 e. The second-order valence-corrected chi connectivity index (χ2v) is 4.29. The van der Waals surface area contributed by atoms with Crippen molar-refractivity contribution in [3.63, 3.8) is 0 Å². The first kappa shape index (κ1) is 13.4. The Morgan fingerprint density at radius 3 is 3.05 bits per heavy atom. The van der Waals surface area contributed by atoms with E-state index in [1.165, 1.54) is 4.90 Å². The van der Waals surface area contributed by atoms with Crippen LogP contribution >= 0.6 is 0 Å². The first-order valence-electron chi connectivity index (χ1n) is 6.01. The summed E-state index contributed by atoms with van der Waals surface area (Å²) in [6, 6.07) is 5.32. The molecule has 0 fully saturated rings. The van der Waals surface area contributed by atoms with E-state index in [4.69, 9.17) is 9.84 Å². The summed E-state index contributed by atoms with van der Waals surface area (Å²) in [7, 11) is 1.68. The van der Waals surface area contributed by atoms with Crippen LogP contribution in [0.2, 0.25) is 0 Å². The minimum Gasteiger partial charge on any atom is -0.482 e. The molecular formula is C13H16N2O4. The average molecular weight is 264 g/mol. The number of nitrogens with one attached hydrogen (secondary N) is 1. The van der Waals surface area contributed by atoms with Gasteiger partial charge in [0.05, 0.1) is 18.7 Å². The van der Waals surface area contributed by atoms with Gasteiger partial charge in [-0.3, -0.25) is 9.59 Å². The topological polar surface area (TPSA) is 78.9 Å². The number of anilines is 1. The van der Waals surface area contributed by atoms with Crippen molar-refractivity contribution in [2.24, 2.45) is 0 Å². The van der Waals surface area contributed by atoms with Gasteiger partial charge in [0.25, 0.3) is 5.91 Å². The third-order valence-electron chi connectivity index (χ3n) is 2.91. The first-order chi connectivity index (χ1) is 9.11. The van der Waals surface area contributed by atoms with Crippen LogP contribution in [0.4, 0.5) is 5.69 Å². The number of fused-ring (bicyclic) bond motifs is 1. The smallest absolute Gasteiger partial charge is 0.264 e. The number of rotatable bonds is 4. The lowest BCUT2D eigenvalue weighted by atomic mass is 10.1. The van der Waals surface area contributed by atoms with Crippen molar-refractivity contribution in [1.29, 1.82) is 0 Å². The summed E-state index contributed by atoms with van der Waals surface area (Å²) < 4.78 is 5.31. The maximum atomic E-state index is 11.6. The molecule has 0 saturated carbocycles. The number of hydrogen-bond acceptors (Lipinski definition) is 4. The Balaban J connectivity index is 2.12. The molecule has 6 nitrogen and oxygen atoms in total. The SMILES string of the molecule is CN1C(=O)COc2ccc(CC(=O)NCCO)cc21. The molecule has 0 bridgehead atoms. The van der Waals surface area contributed by atoms with Gasteiger partial charge in [-0.1, -0.05) is 6.07 Å². The third kappa shape index (κ3) is 3.03. The zero-order valence-corrected chi connectivity index (χ0v) is 10.7. The molecule has 0 radical (unpaired) electrons. The zero-order valence-electron chi connectivity index (χ0n) is 10.7. The summed E-state index contributed by atoms with van der Waals surface area (Å²) in [5.41, 5.74) is 1.46. The monoisotopic (exact) mass is 264 g/mol. The van der Waals surface area contributed by atoms with E-state index in [1.807, 2.05) is 0 Å². The minimum atomic E-state index is -0.167. The van der Waals surface area contributed by atoms with Gasteiger partial charge in [-0.25, -0.2) is 0 Å². The van der Waals surface area contributed by atoms with Crippen LogP contribution < -0.4 is 15.0 Å². The van der Waals surface area contributed by atoms with E-state index >= 15 is 0 Å². The van der Waals surface area contributed by atoms with Crippen LogP contribution in [0.3, 0.4) is 0 Å². The number of benzene rings is 1. The van der Waals surface area contributed by atoms with Gasteiger partial charge in [0.15, 0.2) is 6.61 Å². The van der Waals surface area contributed by atoms with E-state index in [1.54, 1.807) is 25.2 Å². The minimum absolute atomic E-state index is 0.0415. The number of nitrogens with zero attached hydrogens (tertiary/aromatic N) is 1. The maximum absolute atomic E-state index is 11.6. The van der Waals surface area contributed by atoms with Gasteiger partial charge < -0.3 is 20.1 Å². The van der Waals surface area contributed by atoms with Crippen molar-refractivity contribution in [3.8, 4) is 5.75 Å². The highest BCUT2D eigenvalue weighted by Crippen LogP contribution is 2.31. The first-order valence-corrected chi connectivity index (χ1v) is 6.01. The number of amides is 2. The molecule has 1 aliphatic heterocycles.